The molecule has 67 heavy (non-hydrogen) atoms. The molecule has 0 aliphatic carbocycles. The molecule has 0 unspecified atom stereocenters. The number of nitriles is 1. The second-order valence-corrected chi connectivity index (χ2v) is 19.0. The lowest BCUT2D eigenvalue weighted by molar-refractivity contribution is -0.144. The van der Waals surface area contributed by atoms with E-state index in [1.807, 2.05) is 58.0 Å². The summed E-state index contributed by atoms with van der Waals surface area (Å²) in [6.07, 6.45) is 5.33. The maximum atomic E-state index is 15.3. The van der Waals surface area contributed by atoms with Gasteiger partial charge in [-0.25, -0.2) is 9.37 Å². The van der Waals surface area contributed by atoms with Crippen LogP contribution in [0.3, 0.4) is 0 Å². The van der Waals surface area contributed by atoms with Crippen LogP contribution in [0.1, 0.15) is 78.4 Å². The van der Waals surface area contributed by atoms with Gasteiger partial charge in [-0.2, -0.15) is 5.26 Å². The van der Waals surface area contributed by atoms with Crippen LogP contribution in [0.25, 0.3) is 11.3 Å². The number of rotatable bonds is 20. The molecule has 2 aliphatic rings. The van der Waals surface area contributed by atoms with Gasteiger partial charge in [0, 0.05) is 50.2 Å². The van der Waals surface area contributed by atoms with Gasteiger partial charge in [0.2, 0.25) is 17.7 Å². The average molecular weight is 959 g/mol. The van der Waals surface area contributed by atoms with Crippen LogP contribution in [-0.2, 0) is 35.2 Å². The quantitative estimate of drug-likeness (QED) is 0.0656. The van der Waals surface area contributed by atoms with Crippen molar-refractivity contribution in [2.75, 3.05) is 49.4 Å². The summed E-state index contributed by atoms with van der Waals surface area (Å²) >= 11 is 11.9. The largest absolute Gasteiger partial charge is 0.491 e. The summed E-state index contributed by atoms with van der Waals surface area (Å²) in [6.45, 7) is 12.8. The van der Waals surface area contributed by atoms with Crippen LogP contribution in [0, 0.1) is 28.5 Å². The molecule has 1 aromatic heterocycles. The van der Waals surface area contributed by atoms with Crippen molar-refractivity contribution in [3.05, 3.63) is 95.2 Å². The second-order valence-electron chi connectivity index (χ2n) is 18.3. The predicted octanol–water partition coefficient (Wildman–Crippen LogP) is 7.59. The van der Waals surface area contributed by atoms with Gasteiger partial charge in [-0.3, -0.25) is 24.1 Å². The summed E-state index contributed by atoms with van der Waals surface area (Å²) in [6, 6.07) is 17.1. The highest BCUT2D eigenvalue weighted by Gasteiger charge is 2.50. The van der Waals surface area contributed by atoms with E-state index < -0.39 is 34.8 Å². The Hall–Kier alpha value is -5.93. The van der Waals surface area contributed by atoms with Crippen molar-refractivity contribution in [1.82, 2.24) is 20.5 Å². The zero-order chi connectivity index (χ0) is 48.5. The summed E-state index contributed by atoms with van der Waals surface area (Å²) in [5, 5.41) is 15.4. The molecule has 0 spiro atoms. The third-order valence-electron chi connectivity index (χ3n) is 11.6. The summed E-state index contributed by atoms with van der Waals surface area (Å²) in [4.78, 5) is 62.4. The standard InChI is InChI=1S/C49H57ClFN7O8S/c1-31-22-39(44(60)54-26-32-10-12-33(13-11-32)41-27-53-30-66-41)56(28-31)45(61)43(48(2,3)4)55-42(59)29-64-20-9-19-63-18-7-8-21-65-40-17-16-36(24-38(40)51)58-47(67)57(46(62)49(58,5)6)35-15-14-34(25-52)37(50)23-35/h10-17,23-24,27,30-31,39,43H,7-9,18-22,26,28-29H2,1-6H3,(H,54,60)(H,55,59)/t31-,39+,43-/m1/s1. The van der Waals surface area contributed by atoms with Crippen molar-refractivity contribution in [1.29, 1.82) is 5.26 Å². The number of thiocarbonyl (C=S) groups is 1. The van der Waals surface area contributed by atoms with Gasteiger partial charge < -0.3 is 39.1 Å². The van der Waals surface area contributed by atoms with Gasteiger partial charge in [0.15, 0.2) is 28.8 Å². The second kappa shape index (κ2) is 22.2. The lowest BCUT2D eigenvalue weighted by Crippen LogP contribution is -2.58. The molecule has 18 heteroatoms. The minimum atomic E-state index is -1.14. The van der Waals surface area contributed by atoms with Crippen LogP contribution in [0.5, 0.6) is 5.75 Å². The maximum Gasteiger partial charge on any atom is 0.259 e. The zero-order valence-corrected chi connectivity index (χ0v) is 40.2. The molecule has 0 saturated carbocycles. The van der Waals surface area contributed by atoms with Gasteiger partial charge in [-0.05, 0) is 99.0 Å². The number of likely N-dealkylation sites (tertiary alicyclic amines) is 1. The fourth-order valence-electron chi connectivity index (χ4n) is 7.96. The molecule has 0 bridgehead atoms. The summed E-state index contributed by atoms with van der Waals surface area (Å²) < 4.78 is 37.7. The summed E-state index contributed by atoms with van der Waals surface area (Å²) in [5.41, 5.74) is 1.04. The molecule has 2 N–H and O–H groups in total. The van der Waals surface area contributed by atoms with Crippen molar-refractivity contribution in [3.8, 4) is 23.1 Å². The molecule has 2 aliphatic heterocycles. The van der Waals surface area contributed by atoms with E-state index in [-0.39, 0.29) is 64.9 Å². The van der Waals surface area contributed by atoms with E-state index in [0.717, 1.165) is 11.1 Å². The number of benzene rings is 3. The van der Waals surface area contributed by atoms with E-state index in [9.17, 15) is 24.4 Å². The van der Waals surface area contributed by atoms with Crippen molar-refractivity contribution in [2.45, 2.75) is 91.4 Å². The molecule has 15 nitrogen and oxygen atoms in total. The highest BCUT2D eigenvalue weighted by atomic mass is 35.5. The predicted molar refractivity (Wildman–Crippen MR) is 255 cm³/mol. The number of aromatic nitrogens is 1. The number of carbonyl (C=O) groups is 4. The first-order valence-electron chi connectivity index (χ1n) is 22.2. The van der Waals surface area contributed by atoms with Gasteiger partial charge in [0.1, 0.15) is 30.3 Å². The number of hydrogen-bond donors (Lipinski definition) is 2. The number of anilines is 2. The molecule has 3 aromatic carbocycles. The first-order valence-corrected chi connectivity index (χ1v) is 23.0. The number of nitrogens with zero attached hydrogens (tertiary/aromatic N) is 5. The molecular formula is C49H57ClFN7O8S. The number of nitrogens with one attached hydrogen (secondary N) is 2. The Bertz CT molecular complexity index is 2460. The van der Waals surface area contributed by atoms with E-state index in [0.29, 0.717) is 69.1 Å². The van der Waals surface area contributed by atoms with Crippen molar-refractivity contribution in [2.24, 2.45) is 11.3 Å². The Morgan fingerprint density at radius 1 is 1.01 bits per heavy atom. The SMILES string of the molecule is C[C@@H]1C[C@@H](C(=O)NCc2ccc(-c3cnco3)cc2)N(C(=O)[C@@H](NC(=O)COCCCOCCCCOc2ccc(N3C(=S)N(c4ccc(C#N)c(Cl)c4)C(=O)C3(C)C)cc2F)C(C)(C)C)C1. The number of ether oxygens (including phenoxy) is 3. The molecule has 6 rings (SSSR count). The van der Waals surface area contributed by atoms with Gasteiger partial charge in [-0.15, -0.1) is 0 Å². The number of hydrogen-bond acceptors (Lipinski definition) is 11. The van der Waals surface area contributed by atoms with Crippen LogP contribution >= 0.6 is 23.8 Å². The molecule has 0 radical (unpaired) electrons. The number of unbranched alkanes of at least 4 members (excludes halogenated alkanes) is 1. The Labute approximate surface area is 400 Å². The van der Waals surface area contributed by atoms with Crippen LogP contribution in [0.2, 0.25) is 5.02 Å². The number of oxazole rings is 1. The van der Waals surface area contributed by atoms with Crippen molar-refractivity contribution < 1.29 is 42.2 Å². The minimum absolute atomic E-state index is 0.0610. The first kappa shape index (κ1) is 50.5. The number of halogens is 2. The topological polar surface area (TPSA) is 180 Å². The average Bonchev–Trinajstić information content (AvgIpc) is 4.01. The molecule has 4 aromatic rings. The molecule has 3 heterocycles. The first-order chi connectivity index (χ1) is 31.9. The Morgan fingerprint density at radius 3 is 2.39 bits per heavy atom. The van der Waals surface area contributed by atoms with E-state index in [1.54, 1.807) is 42.0 Å². The number of carbonyl (C=O) groups excluding carboxylic acids is 4. The normalized spacial score (nSPS) is 17.4. The van der Waals surface area contributed by atoms with E-state index in [2.05, 4.69) is 15.6 Å². The summed E-state index contributed by atoms with van der Waals surface area (Å²) in [5.74, 6) is -1.11. The fraction of sp³-hybridized carbons (Fsp3) is 0.449. The lowest BCUT2D eigenvalue weighted by Gasteiger charge is -2.35. The van der Waals surface area contributed by atoms with Crippen LogP contribution < -0.4 is 25.2 Å². The number of amides is 4. The van der Waals surface area contributed by atoms with Crippen molar-refractivity contribution >= 4 is 63.9 Å². The molecular weight excluding hydrogens is 901 g/mol. The van der Waals surface area contributed by atoms with Gasteiger partial charge in [-0.1, -0.05) is 63.6 Å². The van der Waals surface area contributed by atoms with Gasteiger partial charge in [0.25, 0.3) is 5.91 Å². The van der Waals surface area contributed by atoms with E-state index >= 15 is 4.39 Å². The van der Waals surface area contributed by atoms with Gasteiger partial charge in [0.05, 0.1) is 29.1 Å². The molecule has 2 saturated heterocycles. The highest BCUT2D eigenvalue weighted by molar-refractivity contribution is 7.81. The lowest BCUT2D eigenvalue weighted by atomic mass is 9.85. The monoisotopic (exact) mass is 957 g/mol. The third kappa shape index (κ3) is 12.3. The molecule has 356 valence electrons. The Morgan fingerprint density at radius 2 is 1.72 bits per heavy atom. The van der Waals surface area contributed by atoms with Crippen LogP contribution in [0.15, 0.2) is 77.7 Å². The summed E-state index contributed by atoms with van der Waals surface area (Å²) in [7, 11) is 0. The fourth-order valence-corrected chi connectivity index (χ4v) is 8.70. The van der Waals surface area contributed by atoms with E-state index in [1.165, 1.54) is 35.6 Å². The minimum Gasteiger partial charge on any atom is -0.491 e. The smallest absolute Gasteiger partial charge is 0.259 e. The zero-order valence-electron chi connectivity index (χ0n) is 38.6. The molecule has 4 amide bonds. The van der Waals surface area contributed by atoms with Crippen LogP contribution in [0.4, 0.5) is 15.8 Å². The van der Waals surface area contributed by atoms with Crippen molar-refractivity contribution in [3.63, 3.8) is 0 Å². The highest BCUT2D eigenvalue weighted by Crippen LogP contribution is 2.39. The van der Waals surface area contributed by atoms with Gasteiger partial charge >= 0.3 is 0 Å². The molecule has 3 atom stereocenters. The Kier molecular flexibility index (Phi) is 16.8. The third-order valence-corrected chi connectivity index (χ3v) is 12.3. The van der Waals surface area contributed by atoms with Crippen LogP contribution in [-0.4, -0.2) is 95.8 Å². The van der Waals surface area contributed by atoms with E-state index in [4.69, 9.17) is 42.4 Å². The Balaban J connectivity index is 0.866. The maximum absolute atomic E-state index is 15.3. The molecule has 2 fully saturated rings.